The van der Waals surface area contributed by atoms with Gasteiger partial charge in [-0.3, -0.25) is 0 Å². The molecule has 0 N–H and O–H groups in total. The van der Waals surface area contributed by atoms with Crippen LogP contribution < -0.4 is 0 Å². The van der Waals surface area contributed by atoms with Gasteiger partial charge in [-0.05, 0) is 99.9 Å². The zero-order valence-corrected chi connectivity index (χ0v) is 29.9. The third-order valence-corrected chi connectivity index (χ3v) is 10.8. The van der Waals surface area contributed by atoms with E-state index in [1.54, 1.807) is 30.3 Å². The van der Waals surface area contributed by atoms with Crippen LogP contribution in [0.5, 0.6) is 0 Å². The minimum absolute atomic E-state index is 0.0429. The molecule has 3 aromatic heterocycles. The van der Waals surface area contributed by atoms with Crippen LogP contribution in [0.3, 0.4) is 0 Å². The third kappa shape index (κ3) is 5.03. The fraction of sp³-hybridized carbons (Fsp3) is 0. The fourth-order valence-electron chi connectivity index (χ4n) is 7.32. The minimum Gasteiger partial charge on any atom is -0.309 e. The summed E-state index contributed by atoms with van der Waals surface area (Å²) in [6.45, 7) is 0. The second kappa shape index (κ2) is 12.7. The minimum atomic E-state index is -0.782. The molecule has 0 atom stereocenters. The third-order valence-electron chi connectivity index (χ3n) is 9.80. The van der Waals surface area contributed by atoms with Crippen molar-refractivity contribution in [3.8, 4) is 44.8 Å². The van der Waals surface area contributed by atoms with Crippen LogP contribution in [0.25, 0.3) is 109 Å². The molecule has 9 aromatic carbocycles. The lowest BCUT2D eigenvalue weighted by molar-refractivity contribution is 1.18. The summed E-state index contributed by atoms with van der Waals surface area (Å²) in [6, 6.07) is 0.254. The Bertz CT molecular complexity index is 4930. The van der Waals surface area contributed by atoms with E-state index in [9.17, 15) is 16.4 Å². The van der Waals surface area contributed by atoms with Gasteiger partial charge in [0.05, 0.1) is 55.0 Å². The van der Waals surface area contributed by atoms with Crippen molar-refractivity contribution in [2.75, 3.05) is 0 Å². The maximum Gasteiger partial charge on any atom is 0.0660 e. The molecule has 0 saturated carbocycles. The van der Waals surface area contributed by atoms with E-state index >= 15 is 0 Å². The summed E-state index contributed by atoms with van der Waals surface area (Å²) in [5.74, 6) is 0. The van der Waals surface area contributed by atoms with Crippen molar-refractivity contribution < 1.29 is 32.9 Å². The lowest BCUT2D eigenvalue weighted by Crippen LogP contribution is -1.94. The molecule has 0 aliphatic rings. The fourth-order valence-corrected chi connectivity index (χ4v) is 8.33. The average Bonchev–Trinajstić information content (AvgIpc) is 3.10. The van der Waals surface area contributed by atoms with Crippen molar-refractivity contribution in [2.45, 2.75) is 0 Å². The Hall–Kier alpha value is -7.20. The highest BCUT2D eigenvalue weighted by atomic mass is 32.1. The van der Waals surface area contributed by atoms with Crippen LogP contribution in [0.15, 0.2) is 206 Å². The summed E-state index contributed by atoms with van der Waals surface area (Å²) < 4.78 is 222. The second-order valence-electron chi connectivity index (χ2n) is 13.0. The zero-order valence-electron chi connectivity index (χ0n) is 53.1. The SMILES string of the molecule is [2H]c1ccc([2H])c(-c2c([2H])c([2H])cc(-c3c([2H])c([2H])c([2H])c4sc5c([2H])c(-n6c7cc([2H])c(-c8c([2H])c([2H])c9c%10c([2H])c([2H])c([2H])c([2H])c%10n(-c%10ccccc%10)c9c8[2H])c([2H])c7c7c([2H])c([2H])c([2H])c([2H])c76)c([2H])c([2H])c5c34)c2[2H])c1. The molecule has 0 amide bonds. The Balaban J connectivity index is 1.19. The van der Waals surface area contributed by atoms with Crippen LogP contribution in [0.4, 0.5) is 0 Å². The Morgan fingerprint density at radius 1 is 0.351 bits per heavy atom. The van der Waals surface area contributed by atoms with Gasteiger partial charge in [-0.2, -0.15) is 0 Å². The van der Waals surface area contributed by atoms with Gasteiger partial charge >= 0.3 is 0 Å². The van der Waals surface area contributed by atoms with Gasteiger partial charge in [-0.1, -0.05) is 139 Å². The first-order chi connectivity index (χ1) is 38.3. The number of aromatic nitrogens is 2. The molecular formula is C54H34N2S. The van der Waals surface area contributed by atoms with Crippen LogP contribution in [-0.4, -0.2) is 9.13 Å². The Morgan fingerprint density at radius 2 is 1.09 bits per heavy atom. The molecular weight excluding hydrogens is 709 g/mol. The van der Waals surface area contributed by atoms with E-state index in [-0.39, 0.29) is 92.6 Å². The van der Waals surface area contributed by atoms with Crippen LogP contribution in [-0.2, 0) is 0 Å². The summed E-state index contributed by atoms with van der Waals surface area (Å²) in [5, 5.41) is -1.35. The highest BCUT2D eigenvalue weighted by molar-refractivity contribution is 7.26. The predicted octanol–water partition coefficient (Wildman–Crippen LogP) is 15.2. The summed E-state index contributed by atoms with van der Waals surface area (Å²) in [7, 11) is 0. The smallest absolute Gasteiger partial charge is 0.0660 e. The average molecular weight is 767 g/mol. The molecule has 266 valence electrons. The van der Waals surface area contributed by atoms with Gasteiger partial charge in [-0.25, -0.2) is 0 Å². The van der Waals surface area contributed by atoms with Crippen LogP contribution in [0.2, 0.25) is 0 Å². The van der Waals surface area contributed by atoms with Gasteiger partial charge < -0.3 is 9.13 Å². The van der Waals surface area contributed by atoms with E-state index in [4.69, 9.17) is 16.4 Å². The largest absolute Gasteiger partial charge is 0.309 e. The normalized spacial score (nSPS) is 17.8. The van der Waals surface area contributed by atoms with Crippen molar-refractivity contribution in [3.05, 3.63) is 206 Å². The molecule has 0 spiro atoms. The van der Waals surface area contributed by atoms with Crippen molar-refractivity contribution in [2.24, 2.45) is 0 Å². The van der Waals surface area contributed by atoms with E-state index < -0.39 is 155 Å². The molecule has 0 radical (unpaired) electrons. The van der Waals surface area contributed by atoms with Gasteiger partial charge in [0.15, 0.2) is 0 Å². The molecule has 12 aromatic rings. The Labute approximate surface area is 367 Å². The van der Waals surface area contributed by atoms with Gasteiger partial charge in [0.25, 0.3) is 0 Å². The van der Waals surface area contributed by atoms with Gasteiger partial charge in [0, 0.05) is 53.1 Å². The first-order valence-corrected chi connectivity index (χ1v) is 18.4. The lowest BCUT2D eigenvalue weighted by atomic mass is 9.96. The maximum atomic E-state index is 9.97. The van der Waals surface area contributed by atoms with Crippen LogP contribution in [0.1, 0.15) is 32.9 Å². The van der Waals surface area contributed by atoms with E-state index in [2.05, 4.69) is 0 Å². The van der Waals surface area contributed by atoms with Crippen LogP contribution in [0, 0.1) is 0 Å². The van der Waals surface area contributed by atoms with Gasteiger partial charge in [0.1, 0.15) is 0 Å². The number of para-hydroxylation sites is 3. The maximum absolute atomic E-state index is 9.97. The lowest BCUT2D eigenvalue weighted by Gasteiger charge is -2.10. The van der Waals surface area contributed by atoms with Crippen LogP contribution >= 0.6 is 11.3 Å². The number of benzene rings is 9. The monoisotopic (exact) mass is 766 g/mol. The number of thiophene rings is 1. The summed E-state index contributed by atoms with van der Waals surface area (Å²) in [6.07, 6.45) is 0. The number of fused-ring (bicyclic) bond motifs is 9. The molecule has 2 nitrogen and oxygen atoms in total. The standard InChI is InChI=1S/C54H34N2S/c1-3-13-35(14-4-1)36-15-11-16-39(31-36)42-21-12-24-52-54(42)46-29-27-41(34-53(46)57-52)56-49-23-10-8-20-44(49)47-32-37(26-30-50(47)56)38-25-28-45-43-19-7-9-22-48(43)55(51(45)33-38)40-17-5-2-6-18-40/h1-34H/i3D,7D,8D,9D,10D,11D,12D,14D,15D,19D,20D,21D,22D,23D,24D,25D,26D,27D,28D,29D,31D,32D,33D,34D. The van der Waals surface area contributed by atoms with E-state index in [1.165, 1.54) is 22.8 Å². The summed E-state index contributed by atoms with van der Waals surface area (Å²) >= 11 is 0.713. The number of rotatable bonds is 5. The summed E-state index contributed by atoms with van der Waals surface area (Å²) in [4.78, 5) is 0. The highest BCUT2D eigenvalue weighted by Gasteiger charge is 2.18. The number of hydrogen-bond donors (Lipinski definition) is 0. The van der Waals surface area contributed by atoms with Crippen molar-refractivity contribution in [1.82, 2.24) is 9.13 Å². The molecule has 0 bridgehead atoms. The molecule has 0 fully saturated rings. The van der Waals surface area contributed by atoms with Gasteiger partial charge in [-0.15, -0.1) is 11.3 Å². The van der Waals surface area contributed by atoms with E-state index in [0.717, 1.165) is 16.7 Å². The molecule has 12 rings (SSSR count). The first-order valence-electron chi connectivity index (χ1n) is 29.6. The zero-order chi connectivity index (χ0) is 58.3. The Morgan fingerprint density at radius 3 is 1.96 bits per heavy atom. The van der Waals surface area contributed by atoms with Crippen molar-refractivity contribution in [1.29, 1.82) is 0 Å². The van der Waals surface area contributed by atoms with E-state index in [0.29, 0.717) is 17.0 Å². The number of hydrogen-bond acceptors (Lipinski definition) is 1. The molecule has 57 heavy (non-hydrogen) atoms. The van der Waals surface area contributed by atoms with Crippen molar-refractivity contribution in [3.63, 3.8) is 0 Å². The topological polar surface area (TPSA) is 9.86 Å². The molecule has 0 saturated heterocycles. The molecule has 0 aliphatic heterocycles. The quantitative estimate of drug-likeness (QED) is 0.165. The number of nitrogens with zero attached hydrogens (tertiary/aromatic N) is 2. The summed E-state index contributed by atoms with van der Waals surface area (Å²) in [5.41, 5.74) is -2.85. The van der Waals surface area contributed by atoms with Crippen molar-refractivity contribution >= 4 is 75.1 Å². The van der Waals surface area contributed by atoms with E-state index in [1.807, 2.05) is 0 Å². The Kier molecular flexibility index (Phi) is 3.67. The molecule has 3 heteroatoms. The second-order valence-corrected chi connectivity index (χ2v) is 14.0. The molecule has 0 unspecified atom stereocenters. The predicted molar refractivity (Wildman–Crippen MR) is 244 cm³/mol. The molecule has 3 heterocycles. The first kappa shape index (κ1) is 16.5. The van der Waals surface area contributed by atoms with Gasteiger partial charge in [0.2, 0.25) is 0 Å². The highest BCUT2D eigenvalue weighted by Crippen LogP contribution is 2.43. The molecule has 0 aliphatic carbocycles.